The average molecular weight is 429 g/mol. The highest BCUT2D eigenvalue weighted by atomic mass is 35.5. The zero-order chi connectivity index (χ0) is 21.7. The first-order chi connectivity index (χ1) is 14.4. The Hall–Kier alpha value is -1.88. The van der Waals surface area contributed by atoms with Crippen LogP contribution in [0.25, 0.3) is 0 Å². The van der Waals surface area contributed by atoms with Gasteiger partial charge in [-0.1, -0.05) is 68.8 Å². The Labute approximate surface area is 185 Å². The van der Waals surface area contributed by atoms with Gasteiger partial charge < -0.3 is 10.0 Å². The molecule has 1 heterocycles. The molecule has 1 aliphatic rings. The summed E-state index contributed by atoms with van der Waals surface area (Å²) in [5, 5.41) is 14.8. The Morgan fingerprint density at radius 2 is 1.77 bits per heavy atom. The third-order valence-corrected chi connectivity index (χ3v) is 6.40. The molecule has 30 heavy (non-hydrogen) atoms. The molecule has 2 aromatic rings. The summed E-state index contributed by atoms with van der Waals surface area (Å²) < 4.78 is 0. The summed E-state index contributed by atoms with van der Waals surface area (Å²) >= 11 is 6.00. The van der Waals surface area contributed by atoms with Crippen molar-refractivity contribution in [2.75, 3.05) is 13.1 Å². The van der Waals surface area contributed by atoms with Crippen LogP contribution in [0.5, 0.6) is 0 Å². The van der Waals surface area contributed by atoms with Gasteiger partial charge in [0, 0.05) is 18.1 Å². The molecule has 0 radical (unpaired) electrons. The number of carbonyl (C=O) groups excluding carboxylic acids is 1. The fourth-order valence-corrected chi connectivity index (χ4v) is 4.42. The van der Waals surface area contributed by atoms with Gasteiger partial charge in [0.15, 0.2) is 0 Å². The van der Waals surface area contributed by atoms with Crippen molar-refractivity contribution < 1.29 is 9.90 Å². The van der Waals surface area contributed by atoms with E-state index >= 15 is 0 Å². The number of nitrogens with zero attached hydrogens (tertiary/aromatic N) is 1. The highest BCUT2D eigenvalue weighted by Crippen LogP contribution is 2.29. The minimum atomic E-state index is -0.857. The Morgan fingerprint density at radius 1 is 1.13 bits per heavy atom. The fraction of sp³-hybridized carbons (Fsp3) is 0.480. The van der Waals surface area contributed by atoms with E-state index in [-0.39, 0.29) is 11.8 Å². The van der Waals surface area contributed by atoms with Crippen LogP contribution in [0, 0.1) is 5.92 Å². The number of piperidine rings is 1. The second-order valence-electron chi connectivity index (χ2n) is 8.49. The molecule has 1 amide bonds. The summed E-state index contributed by atoms with van der Waals surface area (Å²) in [6.07, 6.45) is 1.87. The molecule has 0 saturated carbocycles. The largest absolute Gasteiger partial charge is 0.374 e. The first-order valence-electron chi connectivity index (χ1n) is 11.0. The quantitative estimate of drug-likeness (QED) is 0.616. The number of carbonyl (C=O) groups is 1. The molecule has 2 aromatic carbocycles. The van der Waals surface area contributed by atoms with Gasteiger partial charge >= 0.3 is 0 Å². The zero-order valence-electron chi connectivity index (χ0n) is 18.1. The Kier molecular flexibility index (Phi) is 7.93. The van der Waals surface area contributed by atoms with E-state index in [1.807, 2.05) is 55.1 Å². The number of aryl methyl sites for hydroxylation is 1. The van der Waals surface area contributed by atoms with Crippen molar-refractivity contribution in [1.82, 2.24) is 10.2 Å². The van der Waals surface area contributed by atoms with E-state index in [2.05, 4.69) is 24.4 Å². The standard InChI is InChI=1S/C25H33ClN2O2/c1-4-18-7-5-6-8-22(18)24(29)27-23(17(2)3)25(30)28-15-13-20(14-16-28)19-9-11-21(26)12-10-19/h5-12,17,20,23-24,27,29H,4,13-16H2,1-3H3/t23?,24-/m1/s1. The molecular formula is C25H33ClN2O2. The smallest absolute Gasteiger partial charge is 0.240 e. The second-order valence-corrected chi connectivity index (χ2v) is 8.93. The second kappa shape index (κ2) is 10.4. The lowest BCUT2D eigenvalue weighted by Crippen LogP contribution is -2.52. The highest BCUT2D eigenvalue weighted by molar-refractivity contribution is 6.30. The molecule has 0 spiro atoms. The molecule has 1 unspecified atom stereocenters. The Morgan fingerprint density at radius 3 is 2.37 bits per heavy atom. The summed E-state index contributed by atoms with van der Waals surface area (Å²) in [5.41, 5.74) is 3.23. The van der Waals surface area contributed by atoms with Crippen LogP contribution in [-0.4, -0.2) is 35.0 Å². The minimum Gasteiger partial charge on any atom is -0.374 e. The molecule has 1 fully saturated rings. The first-order valence-corrected chi connectivity index (χ1v) is 11.3. The van der Waals surface area contributed by atoms with Crippen LogP contribution >= 0.6 is 11.6 Å². The number of hydrogen-bond acceptors (Lipinski definition) is 3. The van der Waals surface area contributed by atoms with Crippen molar-refractivity contribution in [3.63, 3.8) is 0 Å². The van der Waals surface area contributed by atoms with Gasteiger partial charge in [0.25, 0.3) is 0 Å². The number of hydrogen-bond donors (Lipinski definition) is 2. The van der Waals surface area contributed by atoms with Crippen LogP contribution in [0.3, 0.4) is 0 Å². The molecule has 162 valence electrons. The monoisotopic (exact) mass is 428 g/mol. The summed E-state index contributed by atoms with van der Waals surface area (Å²) in [6, 6.07) is 15.5. The number of nitrogens with one attached hydrogen (secondary N) is 1. The lowest BCUT2D eigenvalue weighted by atomic mass is 9.89. The molecule has 2 N–H and O–H groups in total. The summed E-state index contributed by atoms with van der Waals surface area (Å²) in [4.78, 5) is 15.2. The number of likely N-dealkylation sites (tertiary alicyclic amines) is 1. The third kappa shape index (κ3) is 5.42. The lowest BCUT2D eigenvalue weighted by molar-refractivity contribution is -0.136. The molecule has 1 aliphatic heterocycles. The van der Waals surface area contributed by atoms with Gasteiger partial charge in [0.05, 0.1) is 6.04 Å². The summed E-state index contributed by atoms with van der Waals surface area (Å²) in [6.45, 7) is 7.59. The van der Waals surface area contributed by atoms with Crippen molar-refractivity contribution in [1.29, 1.82) is 0 Å². The molecule has 2 atom stereocenters. The molecule has 4 nitrogen and oxygen atoms in total. The predicted molar refractivity (Wildman–Crippen MR) is 123 cm³/mol. The molecule has 3 rings (SSSR count). The SMILES string of the molecule is CCc1ccccc1[C@@H](O)NC(C(=O)N1CCC(c2ccc(Cl)cc2)CC1)C(C)C. The van der Waals surface area contributed by atoms with Crippen molar-refractivity contribution in [2.24, 2.45) is 5.92 Å². The van der Waals surface area contributed by atoms with Crippen LogP contribution in [0.4, 0.5) is 0 Å². The van der Waals surface area contributed by atoms with Crippen LogP contribution < -0.4 is 5.32 Å². The number of halogens is 1. The van der Waals surface area contributed by atoms with Crippen LogP contribution in [-0.2, 0) is 11.2 Å². The first kappa shape index (κ1) is 22.8. The van der Waals surface area contributed by atoms with Crippen molar-refractivity contribution >= 4 is 17.5 Å². The van der Waals surface area contributed by atoms with E-state index in [1.54, 1.807) is 0 Å². The van der Waals surface area contributed by atoms with Crippen molar-refractivity contribution in [2.45, 2.75) is 58.2 Å². The van der Waals surface area contributed by atoms with Gasteiger partial charge in [-0.3, -0.25) is 10.1 Å². The van der Waals surface area contributed by atoms with E-state index in [1.165, 1.54) is 5.56 Å². The molecular weight excluding hydrogens is 396 g/mol. The lowest BCUT2D eigenvalue weighted by Gasteiger charge is -2.36. The van der Waals surface area contributed by atoms with Gasteiger partial charge in [-0.15, -0.1) is 0 Å². The normalized spacial score (nSPS) is 17.2. The van der Waals surface area contributed by atoms with E-state index in [9.17, 15) is 9.90 Å². The van der Waals surface area contributed by atoms with Gasteiger partial charge in [-0.05, 0) is 59.9 Å². The van der Waals surface area contributed by atoms with Crippen molar-refractivity contribution in [3.8, 4) is 0 Å². The van der Waals surface area contributed by atoms with Gasteiger partial charge in [-0.25, -0.2) is 0 Å². The summed E-state index contributed by atoms with van der Waals surface area (Å²) in [7, 11) is 0. The van der Waals surface area contributed by atoms with Crippen LogP contribution in [0.2, 0.25) is 5.02 Å². The maximum absolute atomic E-state index is 13.3. The van der Waals surface area contributed by atoms with Gasteiger partial charge in [0.1, 0.15) is 6.23 Å². The van der Waals surface area contributed by atoms with E-state index in [0.717, 1.165) is 48.5 Å². The third-order valence-electron chi connectivity index (χ3n) is 6.15. The molecule has 1 saturated heterocycles. The van der Waals surface area contributed by atoms with Gasteiger partial charge in [0.2, 0.25) is 5.91 Å². The Balaban J connectivity index is 1.64. The maximum Gasteiger partial charge on any atom is 0.240 e. The number of aliphatic hydroxyl groups excluding tert-OH is 1. The van der Waals surface area contributed by atoms with Crippen LogP contribution in [0.1, 0.15) is 62.4 Å². The number of benzene rings is 2. The molecule has 0 bridgehead atoms. The zero-order valence-corrected chi connectivity index (χ0v) is 18.9. The number of amides is 1. The number of aliphatic hydroxyl groups is 1. The predicted octanol–water partition coefficient (Wildman–Crippen LogP) is 4.91. The minimum absolute atomic E-state index is 0.0765. The van der Waals surface area contributed by atoms with E-state index in [4.69, 9.17) is 11.6 Å². The molecule has 0 aromatic heterocycles. The summed E-state index contributed by atoms with van der Waals surface area (Å²) in [5.74, 6) is 0.612. The molecule has 5 heteroatoms. The molecule has 0 aliphatic carbocycles. The average Bonchev–Trinajstić information content (AvgIpc) is 2.77. The van der Waals surface area contributed by atoms with E-state index < -0.39 is 12.3 Å². The van der Waals surface area contributed by atoms with Crippen LogP contribution in [0.15, 0.2) is 48.5 Å². The Bertz CT molecular complexity index is 829. The topological polar surface area (TPSA) is 52.6 Å². The maximum atomic E-state index is 13.3. The van der Waals surface area contributed by atoms with E-state index in [0.29, 0.717) is 5.92 Å². The van der Waals surface area contributed by atoms with Gasteiger partial charge in [-0.2, -0.15) is 0 Å². The fourth-order valence-electron chi connectivity index (χ4n) is 4.30. The van der Waals surface area contributed by atoms with Crippen molar-refractivity contribution in [3.05, 3.63) is 70.2 Å². The number of rotatable bonds is 7. The highest BCUT2D eigenvalue weighted by Gasteiger charge is 2.32.